The van der Waals surface area contributed by atoms with E-state index in [1.165, 1.54) is 0 Å². The van der Waals surface area contributed by atoms with Gasteiger partial charge in [-0.05, 0) is 42.5 Å². The second-order valence-corrected chi connectivity index (χ2v) is 7.61. The summed E-state index contributed by atoms with van der Waals surface area (Å²) >= 11 is 0. The molecule has 1 fully saturated rings. The third-order valence-corrected chi connectivity index (χ3v) is 5.59. The lowest BCUT2D eigenvalue weighted by Crippen LogP contribution is -2.48. The number of carbonyl (C=O) groups is 1. The molecule has 8 heteroatoms. The van der Waals surface area contributed by atoms with Crippen molar-refractivity contribution < 1.29 is 4.79 Å². The minimum atomic E-state index is 0.0536. The molecule has 2 aromatic carbocycles. The Kier molecular flexibility index (Phi) is 5.05. The molecule has 2 N–H and O–H groups in total. The van der Waals surface area contributed by atoms with Gasteiger partial charge in [0, 0.05) is 49.5 Å². The molecule has 0 radical (unpaired) electrons. The molecule has 31 heavy (non-hydrogen) atoms. The quantitative estimate of drug-likeness (QED) is 0.552. The molecule has 0 saturated carbocycles. The van der Waals surface area contributed by atoms with E-state index in [4.69, 9.17) is 5.73 Å². The molecule has 1 saturated heterocycles. The van der Waals surface area contributed by atoms with Crippen LogP contribution in [0.1, 0.15) is 16.2 Å². The Labute approximate surface area is 179 Å². The summed E-state index contributed by atoms with van der Waals surface area (Å²) in [4.78, 5) is 26.2. The molecule has 5 rings (SSSR count). The van der Waals surface area contributed by atoms with E-state index in [1.54, 1.807) is 10.9 Å². The highest BCUT2D eigenvalue weighted by Crippen LogP contribution is 2.18. The van der Waals surface area contributed by atoms with E-state index in [2.05, 4.69) is 20.0 Å². The fourth-order valence-electron chi connectivity index (χ4n) is 3.89. The van der Waals surface area contributed by atoms with Crippen LogP contribution in [-0.4, -0.2) is 61.6 Å². The second-order valence-electron chi connectivity index (χ2n) is 7.61. The zero-order chi connectivity index (χ0) is 21.2. The number of anilines is 1. The molecule has 0 unspecified atom stereocenters. The smallest absolute Gasteiger partial charge is 0.253 e. The topological polar surface area (TPSA) is 93.2 Å². The number of amides is 1. The Morgan fingerprint density at radius 1 is 0.935 bits per heavy atom. The van der Waals surface area contributed by atoms with Gasteiger partial charge in [0.25, 0.3) is 5.91 Å². The van der Waals surface area contributed by atoms with E-state index in [0.29, 0.717) is 36.8 Å². The number of nitrogen functional groups attached to an aromatic ring is 1. The van der Waals surface area contributed by atoms with Gasteiger partial charge >= 0.3 is 0 Å². The van der Waals surface area contributed by atoms with E-state index >= 15 is 0 Å². The maximum absolute atomic E-state index is 12.9. The number of nitrogens with zero attached hydrogens (tertiary/aromatic N) is 6. The number of benzene rings is 2. The van der Waals surface area contributed by atoms with E-state index in [1.807, 2.05) is 65.7 Å². The van der Waals surface area contributed by atoms with E-state index < -0.39 is 0 Å². The average molecular weight is 413 g/mol. The van der Waals surface area contributed by atoms with Gasteiger partial charge in [-0.3, -0.25) is 9.69 Å². The SMILES string of the molecule is Nc1nc(CN2CCN(C(=O)c3ccc(-n4cccn4)cc3)CC2)nc2ccccc12. The fraction of sp³-hybridized carbons (Fsp3) is 0.217. The summed E-state index contributed by atoms with van der Waals surface area (Å²) in [6.07, 6.45) is 3.61. The molecule has 156 valence electrons. The molecule has 1 amide bonds. The van der Waals surface area contributed by atoms with Gasteiger partial charge in [-0.15, -0.1) is 0 Å². The Hall–Kier alpha value is -3.78. The number of hydrogen-bond donors (Lipinski definition) is 1. The van der Waals surface area contributed by atoms with Crippen molar-refractivity contribution >= 4 is 22.6 Å². The van der Waals surface area contributed by atoms with Crippen molar-refractivity contribution in [2.24, 2.45) is 0 Å². The maximum atomic E-state index is 12.9. The zero-order valence-electron chi connectivity index (χ0n) is 17.1. The predicted octanol–water partition coefficient (Wildman–Crippen LogP) is 2.36. The first kappa shape index (κ1) is 19.2. The number of hydrogen-bond acceptors (Lipinski definition) is 6. The minimum absolute atomic E-state index is 0.0536. The number of rotatable bonds is 4. The highest BCUT2D eigenvalue weighted by molar-refractivity contribution is 5.94. The molecule has 0 bridgehead atoms. The van der Waals surface area contributed by atoms with Crippen LogP contribution in [0.2, 0.25) is 0 Å². The summed E-state index contributed by atoms with van der Waals surface area (Å²) in [5.41, 5.74) is 8.58. The molecule has 2 aromatic heterocycles. The molecule has 4 aromatic rings. The number of fused-ring (bicyclic) bond motifs is 1. The van der Waals surface area contributed by atoms with Gasteiger partial charge < -0.3 is 10.6 Å². The molecule has 0 aliphatic carbocycles. The zero-order valence-corrected chi connectivity index (χ0v) is 17.1. The summed E-state index contributed by atoms with van der Waals surface area (Å²) < 4.78 is 1.77. The summed E-state index contributed by atoms with van der Waals surface area (Å²) in [7, 11) is 0. The second kappa shape index (κ2) is 8.16. The van der Waals surface area contributed by atoms with Gasteiger partial charge in [0.1, 0.15) is 11.6 Å². The fourth-order valence-corrected chi connectivity index (χ4v) is 3.89. The van der Waals surface area contributed by atoms with Crippen LogP contribution in [-0.2, 0) is 6.54 Å². The first-order valence-electron chi connectivity index (χ1n) is 10.3. The first-order chi connectivity index (χ1) is 15.2. The lowest BCUT2D eigenvalue weighted by molar-refractivity contribution is 0.0625. The van der Waals surface area contributed by atoms with Gasteiger partial charge in [-0.2, -0.15) is 5.10 Å². The monoisotopic (exact) mass is 413 g/mol. The van der Waals surface area contributed by atoms with Gasteiger partial charge in [0.2, 0.25) is 0 Å². The summed E-state index contributed by atoms with van der Waals surface area (Å²) in [5, 5.41) is 5.09. The van der Waals surface area contributed by atoms with Crippen molar-refractivity contribution in [2.75, 3.05) is 31.9 Å². The van der Waals surface area contributed by atoms with Gasteiger partial charge in [0.15, 0.2) is 0 Å². The molecule has 0 atom stereocenters. The van der Waals surface area contributed by atoms with Crippen LogP contribution in [0.5, 0.6) is 0 Å². The Balaban J connectivity index is 1.21. The van der Waals surface area contributed by atoms with Crippen molar-refractivity contribution in [3.05, 3.63) is 78.4 Å². The highest BCUT2D eigenvalue weighted by atomic mass is 16.2. The molecular formula is C23H23N7O. The number of nitrogens with two attached hydrogens (primary N) is 1. The van der Waals surface area contributed by atoms with Crippen molar-refractivity contribution in [3.8, 4) is 5.69 Å². The number of aromatic nitrogens is 4. The van der Waals surface area contributed by atoms with Crippen molar-refractivity contribution in [3.63, 3.8) is 0 Å². The van der Waals surface area contributed by atoms with E-state index in [0.717, 1.165) is 29.7 Å². The number of para-hydroxylation sites is 1. The van der Waals surface area contributed by atoms with Crippen molar-refractivity contribution in [1.82, 2.24) is 29.5 Å². The summed E-state index contributed by atoms with van der Waals surface area (Å²) in [5.74, 6) is 1.27. The number of piperazine rings is 1. The molecule has 3 heterocycles. The van der Waals surface area contributed by atoms with Crippen molar-refractivity contribution in [1.29, 1.82) is 0 Å². The molecule has 0 spiro atoms. The minimum Gasteiger partial charge on any atom is -0.383 e. The van der Waals surface area contributed by atoms with Crippen LogP contribution in [0.25, 0.3) is 16.6 Å². The van der Waals surface area contributed by atoms with E-state index in [9.17, 15) is 4.79 Å². The van der Waals surface area contributed by atoms with Crippen LogP contribution in [0.15, 0.2) is 67.0 Å². The maximum Gasteiger partial charge on any atom is 0.253 e. The molecular weight excluding hydrogens is 390 g/mol. The Bertz CT molecular complexity index is 1200. The number of carbonyl (C=O) groups excluding carboxylic acids is 1. The molecule has 1 aliphatic heterocycles. The Morgan fingerprint density at radius 3 is 2.45 bits per heavy atom. The van der Waals surface area contributed by atoms with Crippen molar-refractivity contribution in [2.45, 2.75) is 6.54 Å². The lowest BCUT2D eigenvalue weighted by atomic mass is 10.1. The van der Waals surface area contributed by atoms with Crippen LogP contribution in [0.3, 0.4) is 0 Å². The third kappa shape index (κ3) is 3.97. The van der Waals surface area contributed by atoms with Crippen LogP contribution < -0.4 is 5.73 Å². The van der Waals surface area contributed by atoms with Crippen LogP contribution >= 0.6 is 0 Å². The Morgan fingerprint density at radius 2 is 1.71 bits per heavy atom. The standard InChI is InChI=1S/C23H23N7O/c24-22-19-4-1-2-5-20(19)26-21(27-22)16-28-12-14-29(15-13-28)23(31)17-6-8-18(9-7-17)30-11-3-10-25-30/h1-11H,12-16H2,(H2,24,26,27). The van der Waals surface area contributed by atoms with Gasteiger partial charge in [-0.25, -0.2) is 14.6 Å². The van der Waals surface area contributed by atoms with Gasteiger partial charge in [0.05, 0.1) is 17.7 Å². The summed E-state index contributed by atoms with van der Waals surface area (Å²) in [6.45, 7) is 3.50. The largest absolute Gasteiger partial charge is 0.383 e. The summed E-state index contributed by atoms with van der Waals surface area (Å²) in [6, 6.07) is 17.2. The van der Waals surface area contributed by atoms with Gasteiger partial charge in [-0.1, -0.05) is 12.1 Å². The molecule has 8 nitrogen and oxygen atoms in total. The average Bonchev–Trinajstić information content (AvgIpc) is 3.34. The lowest BCUT2D eigenvalue weighted by Gasteiger charge is -2.34. The normalized spacial score (nSPS) is 14.8. The highest BCUT2D eigenvalue weighted by Gasteiger charge is 2.23. The van der Waals surface area contributed by atoms with Crippen LogP contribution in [0.4, 0.5) is 5.82 Å². The van der Waals surface area contributed by atoms with Crippen LogP contribution in [0, 0.1) is 0 Å². The third-order valence-electron chi connectivity index (χ3n) is 5.59. The first-order valence-corrected chi connectivity index (χ1v) is 10.3. The predicted molar refractivity (Wildman–Crippen MR) is 119 cm³/mol. The molecule has 1 aliphatic rings. The van der Waals surface area contributed by atoms with E-state index in [-0.39, 0.29) is 5.91 Å².